The Morgan fingerprint density at radius 3 is 1.76 bits per heavy atom. The molecule has 0 aliphatic rings. The predicted molar refractivity (Wildman–Crippen MR) is 47.3 cm³/mol. The number of rotatable bonds is 7. The molecule has 10 heteroatoms. The molecule has 0 aliphatic carbocycles. The maximum Gasteiger partial charge on any atom is 1.00 e. The normalized spacial score (nSPS) is 9.88. The number of carboxylic acids is 3. The van der Waals surface area contributed by atoms with E-state index in [2.05, 4.69) is 5.32 Å². The van der Waals surface area contributed by atoms with Gasteiger partial charge in [-0.15, -0.1) is 0 Å². The van der Waals surface area contributed by atoms with Gasteiger partial charge in [0, 0.05) is 6.54 Å². The fourth-order valence-electron chi connectivity index (χ4n) is 0.775. The van der Waals surface area contributed by atoms with E-state index < -0.39 is 30.4 Å². The molecular formula is C7H14NNa3O6. The Bertz CT molecular complexity index is 262. The third kappa shape index (κ3) is 17.4. The summed E-state index contributed by atoms with van der Waals surface area (Å²) in [4.78, 5) is 30.7. The van der Waals surface area contributed by atoms with E-state index in [0.717, 1.165) is 0 Å². The van der Waals surface area contributed by atoms with Crippen molar-refractivity contribution in [2.75, 3.05) is 6.54 Å². The molecule has 0 aromatic carbocycles. The van der Waals surface area contributed by atoms with Crippen LogP contribution in [0.2, 0.25) is 0 Å². The number of aliphatic carboxylic acids is 3. The molecule has 17 heavy (non-hydrogen) atoms. The van der Waals surface area contributed by atoms with Crippen LogP contribution < -0.4 is 94.0 Å². The van der Waals surface area contributed by atoms with Gasteiger partial charge in [-0.1, -0.05) is 0 Å². The average Bonchev–Trinajstić information content (AvgIpc) is 2.00. The molecule has 0 saturated heterocycles. The van der Waals surface area contributed by atoms with E-state index in [-0.39, 0.29) is 106 Å². The van der Waals surface area contributed by atoms with Crippen molar-refractivity contribution in [2.45, 2.75) is 18.9 Å². The molecule has 7 nitrogen and oxygen atoms in total. The molecule has 0 radical (unpaired) electrons. The molecule has 0 aromatic heterocycles. The standard InChI is InChI=1S/C7H11NO6.3Na.3H/c9-5(10)1-2-8-4(7(13)14)3-6(11)12;;;;;;/h4,8H,1-3H2,(H,9,10)(H,11,12)(H,13,14);;;;;;/q;3*+1;3*-1/t4-;;;;;;/m0....../s1. The SMILES string of the molecule is O=C(O)CCN[C@@H](CC(=O)O)C(=O)O.[H-].[H-].[H-].[Na+].[Na+].[Na+]. The fraction of sp³-hybridized carbons (Fsp3) is 0.571. The Kier molecular flexibility index (Phi) is 24.4. The van der Waals surface area contributed by atoms with Crippen molar-refractivity contribution in [1.82, 2.24) is 5.32 Å². The molecule has 0 unspecified atom stereocenters. The molecule has 0 spiro atoms. The van der Waals surface area contributed by atoms with Gasteiger partial charge in [-0.05, 0) is 0 Å². The molecule has 4 N–H and O–H groups in total. The molecule has 0 amide bonds. The molecule has 0 fully saturated rings. The van der Waals surface area contributed by atoms with E-state index >= 15 is 0 Å². The van der Waals surface area contributed by atoms with Crippen molar-refractivity contribution < 1.29 is 123 Å². The van der Waals surface area contributed by atoms with Crippen LogP contribution in [0.5, 0.6) is 0 Å². The van der Waals surface area contributed by atoms with E-state index in [1.54, 1.807) is 0 Å². The minimum atomic E-state index is -1.31. The molecule has 0 bridgehead atoms. The zero-order valence-corrected chi connectivity index (χ0v) is 16.3. The minimum absolute atomic E-state index is 0. The van der Waals surface area contributed by atoms with E-state index in [0.29, 0.717) is 0 Å². The largest absolute Gasteiger partial charge is 1.00 e. The zero-order chi connectivity index (χ0) is 11.1. The van der Waals surface area contributed by atoms with Gasteiger partial charge in [-0.3, -0.25) is 14.4 Å². The first-order valence-corrected chi connectivity index (χ1v) is 3.83. The van der Waals surface area contributed by atoms with E-state index in [4.69, 9.17) is 15.3 Å². The summed E-state index contributed by atoms with van der Waals surface area (Å²) in [6, 6.07) is -1.24. The summed E-state index contributed by atoms with van der Waals surface area (Å²) in [6.07, 6.45) is -0.821. The Morgan fingerprint density at radius 2 is 1.47 bits per heavy atom. The van der Waals surface area contributed by atoms with Gasteiger partial charge in [-0.2, -0.15) is 0 Å². The summed E-state index contributed by atoms with van der Waals surface area (Å²) < 4.78 is 0. The topological polar surface area (TPSA) is 124 Å². The molecule has 0 heterocycles. The first-order valence-electron chi connectivity index (χ1n) is 3.83. The Labute approximate surface area is 169 Å². The van der Waals surface area contributed by atoms with Crippen molar-refractivity contribution in [3.05, 3.63) is 0 Å². The Hall–Kier alpha value is 1.37. The summed E-state index contributed by atoms with van der Waals surface area (Å²) in [5, 5.41) is 27.4. The second-order valence-corrected chi connectivity index (χ2v) is 2.59. The van der Waals surface area contributed by atoms with Crippen molar-refractivity contribution in [3.8, 4) is 0 Å². The maximum atomic E-state index is 10.4. The third-order valence-electron chi connectivity index (χ3n) is 1.41. The second kappa shape index (κ2) is 15.4. The first kappa shape index (κ1) is 26.8. The van der Waals surface area contributed by atoms with Crippen molar-refractivity contribution in [1.29, 1.82) is 0 Å². The van der Waals surface area contributed by atoms with Crippen molar-refractivity contribution >= 4 is 17.9 Å². The molecule has 86 valence electrons. The van der Waals surface area contributed by atoms with Crippen LogP contribution in [0.15, 0.2) is 0 Å². The summed E-state index contributed by atoms with van der Waals surface area (Å²) in [7, 11) is 0. The van der Waals surface area contributed by atoms with Gasteiger partial charge >= 0.3 is 107 Å². The predicted octanol–water partition coefficient (Wildman–Crippen LogP) is -9.67. The van der Waals surface area contributed by atoms with Gasteiger partial charge in [0.15, 0.2) is 0 Å². The van der Waals surface area contributed by atoms with Gasteiger partial charge in [0.1, 0.15) is 6.04 Å². The monoisotopic (exact) mass is 277 g/mol. The summed E-state index contributed by atoms with van der Waals surface area (Å²) in [5.74, 6) is -3.63. The molecule has 1 atom stereocenters. The van der Waals surface area contributed by atoms with Crippen LogP contribution in [0.3, 0.4) is 0 Å². The van der Waals surface area contributed by atoms with Gasteiger partial charge in [0.25, 0.3) is 0 Å². The molecule has 0 rings (SSSR count). The number of nitrogens with one attached hydrogen (secondary N) is 1. The zero-order valence-electron chi connectivity index (χ0n) is 13.3. The van der Waals surface area contributed by atoms with Crippen LogP contribution in [0.4, 0.5) is 0 Å². The van der Waals surface area contributed by atoms with Crippen LogP contribution in [0.25, 0.3) is 0 Å². The van der Waals surface area contributed by atoms with Crippen molar-refractivity contribution in [2.24, 2.45) is 0 Å². The quantitative estimate of drug-likeness (QED) is 0.341. The van der Waals surface area contributed by atoms with Crippen LogP contribution in [-0.2, 0) is 14.4 Å². The number of carboxylic acid groups (broad SMARTS) is 3. The van der Waals surface area contributed by atoms with Gasteiger partial charge in [0.2, 0.25) is 0 Å². The van der Waals surface area contributed by atoms with Crippen LogP contribution in [-0.4, -0.2) is 45.8 Å². The van der Waals surface area contributed by atoms with Crippen LogP contribution in [0.1, 0.15) is 17.1 Å². The Morgan fingerprint density at radius 1 is 1.00 bits per heavy atom. The van der Waals surface area contributed by atoms with E-state index in [9.17, 15) is 14.4 Å². The summed E-state index contributed by atoms with van der Waals surface area (Å²) in [6.45, 7) is -0.0699. The third-order valence-corrected chi connectivity index (χ3v) is 1.41. The molecular weight excluding hydrogens is 263 g/mol. The summed E-state index contributed by atoms with van der Waals surface area (Å²) >= 11 is 0. The second-order valence-electron chi connectivity index (χ2n) is 2.59. The number of carbonyl (C=O) groups is 3. The molecule has 0 aromatic rings. The maximum absolute atomic E-state index is 10.4. The van der Waals surface area contributed by atoms with Crippen LogP contribution in [0, 0.1) is 0 Å². The fourth-order valence-corrected chi connectivity index (χ4v) is 0.775. The van der Waals surface area contributed by atoms with Gasteiger partial charge in [0.05, 0.1) is 12.8 Å². The number of hydrogen-bond donors (Lipinski definition) is 4. The average molecular weight is 277 g/mol. The van der Waals surface area contributed by atoms with E-state index in [1.165, 1.54) is 0 Å². The minimum Gasteiger partial charge on any atom is -1.00 e. The number of hydrogen-bond acceptors (Lipinski definition) is 4. The molecule has 0 saturated carbocycles. The first-order chi connectivity index (χ1) is 6.43. The van der Waals surface area contributed by atoms with Crippen LogP contribution >= 0.6 is 0 Å². The summed E-state index contributed by atoms with van der Waals surface area (Å²) in [5.41, 5.74) is 0. The Balaban J connectivity index is -0.0000000563. The van der Waals surface area contributed by atoms with Gasteiger partial charge in [-0.25, -0.2) is 0 Å². The van der Waals surface area contributed by atoms with Crippen molar-refractivity contribution in [3.63, 3.8) is 0 Å². The van der Waals surface area contributed by atoms with E-state index in [1.807, 2.05) is 0 Å². The molecule has 0 aliphatic heterocycles. The smallest absolute Gasteiger partial charge is 1.00 e. The van der Waals surface area contributed by atoms with Gasteiger partial charge < -0.3 is 24.9 Å².